The first-order valence-corrected chi connectivity index (χ1v) is 10.3. The summed E-state index contributed by atoms with van der Waals surface area (Å²) in [6.45, 7) is 7.22. The molecule has 3 aromatic carbocycles. The third-order valence-electron chi connectivity index (χ3n) is 6.11. The van der Waals surface area contributed by atoms with Crippen molar-refractivity contribution in [2.45, 2.75) is 38.8 Å². The van der Waals surface area contributed by atoms with Crippen molar-refractivity contribution in [2.24, 2.45) is 7.05 Å². The lowest BCUT2D eigenvalue weighted by molar-refractivity contribution is 0.0670. The van der Waals surface area contributed by atoms with Crippen LogP contribution in [0.25, 0.3) is 32.6 Å². The van der Waals surface area contributed by atoms with Gasteiger partial charge in [-0.25, -0.2) is 0 Å². The van der Waals surface area contributed by atoms with Crippen LogP contribution in [0.4, 0.5) is 0 Å². The fraction of sp³-hybridized carbons (Fsp3) is 0.320. The highest BCUT2D eigenvalue weighted by molar-refractivity contribution is 6.02. The Morgan fingerprint density at radius 3 is 2.55 bits per heavy atom. The summed E-state index contributed by atoms with van der Waals surface area (Å²) in [5.41, 5.74) is 2.85. The Labute approximate surface area is 170 Å². The molecular formula is C25H26N2O2. The summed E-state index contributed by atoms with van der Waals surface area (Å²) in [4.78, 5) is 13.5. The Kier molecular flexibility index (Phi) is 3.97. The van der Waals surface area contributed by atoms with Gasteiger partial charge in [-0.1, -0.05) is 31.2 Å². The Morgan fingerprint density at radius 1 is 1.10 bits per heavy atom. The van der Waals surface area contributed by atoms with E-state index in [9.17, 15) is 4.79 Å². The number of benzene rings is 3. The van der Waals surface area contributed by atoms with Gasteiger partial charge in [0.15, 0.2) is 5.43 Å². The fourth-order valence-electron chi connectivity index (χ4n) is 4.87. The number of nitrogens with zero attached hydrogens (tertiary/aromatic N) is 1. The second-order valence-electron chi connectivity index (χ2n) is 8.65. The summed E-state index contributed by atoms with van der Waals surface area (Å²) in [6, 6.07) is 16.4. The molecule has 1 atom stereocenters. The molecule has 0 fully saturated rings. The van der Waals surface area contributed by atoms with Crippen molar-refractivity contribution in [3.05, 3.63) is 64.3 Å². The molecule has 0 saturated carbocycles. The molecule has 0 amide bonds. The molecule has 148 valence electrons. The Hall–Kier alpha value is -2.85. The van der Waals surface area contributed by atoms with Crippen LogP contribution in [0, 0.1) is 0 Å². The van der Waals surface area contributed by atoms with E-state index in [-0.39, 0.29) is 17.1 Å². The lowest BCUT2D eigenvalue weighted by atomic mass is 9.87. The molecular weight excluding hydrogens is 360 g/mol. The zero-order valence-electron chi connectivity index (χ0n) is 17.4. The van der Waals surface area contributed by atoms with E-state index >= 15 is 0 Å². The number of hydrogen-bond acceptors (Lipinski definition) is 3. The van der Waals surface area contributed by atoms with Crippen LogP contribution >= 0.6 is 0 Å². The molecule has 29 heavy (non-hydrogen) atoms. The zero-order valence-corrected chi connectivity index (χ0v) is 17.4. The standard InChI is InChI=1S/C25H26N2O2/c1-5-26-19-14-25(2,3)29-21-11-10-17-23(22(19)21)27(4)20-13-16-9-7-6-8-15(16)12-18(20)24(17)28/h6-13,19,26H,5,14H2,1-4H3. The summed E-state index contributed by atoms with van der Waals surface area (Å²) < 4.78 is 8.50. The summed E-state index contributed by atoms with van der Waals surface area (Å²) in [5.74, 6) is 0.870. The SMILES string of the molecule is CCNC1CC(C)(C)Oc2ccc3c(=O)c4cc5ccccc5cc4n(C)c3c21. The van der Waals surface area contributed by atoms with Gasteiger partial charge >= 0.3 is 0 Å². The molecule has 0 saturated heterocycles. The fourth-order valence-corrected chi connectivity index (χ4v) is 4.87. The summed E-state index contributed by atoms with van der Waals surface area (Å²) in [6.07, 6.45) is 0.858. The quantitative estimate of drug-likeness (QED) is 0.490. The minimum absolute atomic E-state index is 0.0849. The molecule has 0 radical (unpaired) electrons. The van der Waals surface area contributed by atoms with Crippen LogP contribution in [-0.4, -0.2) is 16.7 Å². The van der Waals surface area contributed by atoms with Gasteiger partial charge in [0.1, 0.15) is 11.4 Å². The van der Waals surface area contributed by atoms with E-state index in [0.29, 0.717) is 0 Å². The molecule has 1 aromatic heterocycles. The normalized spacial score (nSPS) is 18.1. The van der Waals surface area contributed by atoms with Crippen LogP contribution in [0.1, 0.15) is 38.8 Å². The molecule has 1 unspecified atom stereocenters. The summed E-state index contributed by atoms with van der Waals surface area (Å²) in [7, 11) is 2.06. The average molecular weight is 386 g/mol. The van der Waals surface area contributed by atoms with Gasteiger partial charge < -0.3 is 14.6 Å². The van der Waals surface area contributed by atoms with E-state index in [4.69, 9.17) is 4.74 Å². The molecule has 5 rings (SSSR count). The maximum atomic E-state index is 13.5. The minimum atomic E-state index is -0.251. The summed E-state index contributed by atoms with van der Waals surface area (Å²) >= 11 is 0. The monoisotopic (exact) mass is 386 g/mol. The Balaban J connectivity index is 1.92. The number of fused-ring (bicyclic) bond motifs is 5. The molecule has 0 spiro atoms. The number of aromatic nitrogens is 1. The van der Waals surface area contributed by atoms with Gasteiger partial charge in [-0.05, 0) is 55.4 Å². The van der Waals surface area contributed by atoms with E-state index in [2.05, 4.69) is 55.9 Å². The molecule has 4 aromatic rings. The predicted octanol–water partition coefficient (Wildman–Crippen LogP) is 5.06. The predicted molar refractivity (Wildman–Crippen MR) is 120 cm³/mol. The topological polar surface area (TPSA) is 43.3 Å². The van der Waals surface area contributed by atoms with Gasteiger partial charge in [-0.3, -0.25) is 4.79 Å². The van der Waals surface area contributed by atoms with Crippen molar-refractivity contribution in [2.75, 3.05) is 6.54 Å². The van der Waals surface area contributed by atoms with Crippen molar-refractivity contribution >= 4 is 32.6 Å². The molecule has 2 heterocycles. The highest BCUT2D eigenvalue weighted by atomic mass is 16.5. The van der Waals surface area contributed by atoms with Crippen molar-refractivity contribution in [3.63, 3.8) is 0 Å². The van der Waals surface area contributed by atoms with Crippen molar-refractivity contribution in [1.82, 2.24) is 9.88 Å². The highest BCUT2D eigenvalue weighted by Gasteiger charge is 2.35. The molecule has 4 heteroatoms. The third-order valence-corrected chi connectivity index (χ3v) is 6.11. The zero-order chi connectivity index (χ0) is 20.3. The average Bonchev–Trinajstić information content (AvgIpc) is 2.69. The molecule has 4 nitrogen and oxygen atoms in total. The van der Waals surface area contributed by atoms with E-state index in [1.807, 2.05) is 30.3 Å². The number of rotatable bonds is 2. The summed E-state index contributed by atoms with van der Waals surface area (Å²) in [5, 5.41) is 7.35. The van der Waals surface area contributed by atoms with Gasteiger partial charge in [0.05, 0.1) is 11.0 Å². The number of hydrogen-bond donors (Lipinski definition) is 1. The van der Waals surface area contributed by atoms with Crippen molar-refractivity contribution in [1.29, 1.82) is 0 Å². The maximum Gasteiger partial charge on any atom is 0.197 e. The van der Waals surface area contributed by atoms with E-state index in [1.54, 1.807) is 0 Å². The van der Waals surface area contributed by atoms with Gasteiger partial charge in [-0.15, -0.1) is 0 Å². The van der Waals surface area contributed by atoms with Crippen LogP contribution in [0.15, 0.2) is 53.3 Å². The number of nitrogens with one attached hydrogen (secondary N) is 1. The highest BCUT2D eigenvalue weighted by Crippen LogP contribution is 2.43. The van der Waals surface area contributed by atoms with E-state index in [0.717, 1.165) is 56.9 Å². The first kappa shape index (κ1) is 18.2. The second kappa shape index (κ2) is 6.33. The number of pyridine rings is 1. The van der Waals surface area contributed by atoms with Crippen LogP contribution < -0.4 is 15.5 Å². The van der Waals surface area contributed by atoms with Crippen LogP contribution in [0.5, 0.6) is 5.75 Å². The van der Waals surface area contributed by atoms with Gasteiger partial charge in [0, 0.05) is 35.8 Å². The molecule has 0 bridgehead atoms. The third kappa shape index (κ3) is 2.74. The van der Waals surface area contributed by atoms with Crippen LogP contribution in [0.3, 0.4) is 0 Å². The van der Waals surface area contributed by atoms with Crippen molar-refractivity contribution in [3.8, 4) is 5.75 Å². The lowest BCUT2D eigenvalue weighted by Gasteiger charge is -2.38. The minimum Gasteiger partial charge on any atom is -0.487 e. The second-order valence-corrected chi connectivity index (χ2v) is 8.65. The molecule has 1 aliphatic rings. The van der Waals surface area contributed by atoms with Gasteiger partial charge in [-0.2, -0.15) is 0 Å². The van der Waals surface area contributed by atoms with Gasteiger partial charge in [0.2, 0.25) is 0 Å². The smallest absolute Gasteiger partial charge is 0.197 e. The number of aryl methyl sites for hydroxylation is 1. The lowest BCUT2D eigenvalue weighted by Crippen LogP contribution is -2.40. The van der Waals surface area contributed by atoms with Crippen molar-refractivity contribution < 1.29 is 4.74 Å². The first-order chi connectivity index (χ1) is 13.9. The van der Waals surface area contributed by atoms with E-state index < -0.39 is 0 Å². The number of ether oxygens (including phenoxy) is 1. The maximum absolute atomic E-state index is 13.5. The molecule has 1 N–H and O–H groups in total. The Bertz CT molecular complexity index is 1330. The molecule has 1 aliphatic heterocycles. The largest absolute Gasteiger partial charge is 0.487 e. The van der Waals surface area contributed by atoms with Crippen LogP contribution in [-0.2, 0) is 7.05 Å². The molecule has 0 aliphatic carbocycles. The Morgan fingerprint density at radius 2 is 1.83 bits per heavy atom. The first-order valence-electron chi connectivity index (χ1n) is 10.3. The van der Waals surface area contributed by atoms with Gasteiger partial charge in [0.25, 0.3) is 0 Å². The van der Waals surface area contributed by atoms with E-state index in [1.165, 1.54) is 0 Å². The van der Waals surface area contributed by atoms with Crippen LogP contribution in [0.2, 0.25) is 0 Å².